The molecule has 1 fully saturated rings. The van der Waals surface area contributed by atoms with Crippen LogP contribution >= 0.6 is 0 Å². The van der Waals surface area contributed by atoms with Gasteiger partial charge in [-0.2, -0.15) is 13.9 Å². The molecular formula is C26H28N6O3S. The molecule has 9 nitrogen and oxygen atoms in total. The van der Waals surface area contributed by atoms with E-state index >= 15 is 0 Å². The summed E-state index contributed by atoms with van der Waals surface area (Å²) in [6, 6.07) is 20.3. The first-order chi connectivity index (χ1) is 17.2. The van der Waals surface area contributed by atoms with Crippen LogP contribution in [0.4, 0.5) is 11.5 Å². The Balaban J connectivity index is 1.39. The van der Waals surface area contributed by atoms with Gasteiger partial charge in [-0.1, -0.05) is 30.3 Å². The lowest BCUT2D eigenvalue weighted by atomic mass is 10.1. The number of carbonyl (C=O) groups is 1. The molecule has 10 heteroatoms. The monoisotopic (exact) mass is 504 g/mol. The summed E-state index contributed by atoms with van der Waals surface area (Å²) in [7, 11) is -1.94. The Hall–Kier alpha value is -3.76. The maximum atomic E-state index is 13.2. The zero-order valence-electron chi connectivity index (χ0n) is 20.4. The lowest BCUT2D eigenvalue weighted by Crippen LogP contribution is -2.38. The van der Waals surface area contributed by atoms with Crippen molar-refractivity contribution >= 4 is 33.1 Å². The van der Waals surface area contributed by atoms with Crippen LogP contribution in [0.2, 0.25) is 0 Å². The molecule has 1 unspecified atom stereocenters. The quantitative estimate of drug-likeness (QED) is 0.430. The minimum absolute atomic E-state index is 0.0670. The van der Waals surface area contributed by atoms with Gasteiger partial charge in [-0.3, -0.25) is 4.79 Å². The summed E-state index contributed by atoms with van der Waals surface area (Å²) >= 11 is 0. The van der Waals surface area contributed by atoms with E-state index in [2.05, 4.69) is 10.4 Å². The molecule has 2 aromatic heterocycles. The number of hydrogen-bond acceptors (Lipinski definition) is 6. The molecule has 4 aromatic rings. The minimum atomic E-state index is -3.65. The van der Waals surface area contributed by atoms with E-state index in [0.717, 1.165) is 34.1 Å². The van der Waals surface area contributed by atoms with Crippen LogP contribution in [0.1, 0.15) is 19.0 Å². The molecule has 186 valence electrons. The molecule has 1 atom stereocenters. The Morgan fingerprint density at radius 2 is 1.81 bits per heavy atom. The van der Waals surface area contributed by atoms with Crippen molar-refractivity contribution in [3.05, 3.63) is 72.4 Å². The summed E-state index contributed by atoms with van der Waals surface area (Å²) in [6.07, 6.45) is 0.625. The van der Waals surface area contributed by atoms with E-state index in [0.29, 0.717) is 19.5 Å². The Bertz CT molecular complexity index is 1520. The van der Waals surface area contributed by atoms with Crippen molar-refractivity contribution in [1.29, 1.82) is 0 Å². The van der Waals surface area contributed by atoms with Gasteiger partial charge in [-0.05, 0) is 37.6 Å². The average molecular weight is 505 g/mol. The number of nitrogens with zero attached hydrogens (tertiary/aromatic N) is 5. The highest BCUT2D eigenvalue weighted by atomic mass is 32.2. The van der Waals surface area contributed by atoms with Crippen LogP contribution in [0.5, 0.6) is 0 Å². The number of anilines is 2. The van der Waals surface area contributed by atoms with Crippen LogP contribution in [0.15, 0.2) is 71.6 Å². The predicted molar refractivity (Wildman–Crippen MR) is 138 cm³/mol. The van der Waals surface area contributed by atoms with E-state index in [1.807, 2.05) is 49.4 Å². The van der Waals surface area contributed by atoms with E-state index in [4.69, 9.17) is 4.98 Å². The Labute approximate surface area is 210 Å². The lowest BCUT2D eigenvalue weighted by molar-refractivity contribution is -0.129. The van der Waals surface area contributed by atoms with Gasteiger partial charge in [0.2, 0.25) is 15.9 Å². The summed E-state index contributed by atoms with van der Waals surface area (Å²) in [5.74, 6) is 0.653. The summed E-state index contributed by atoms with van der Waals surface area (Å²) in [5, 5.41) is 7.91. The van der Waals surface area contributed by atoms with Crippen molar-refractivity contribution in [2.45, 2.75) is 31.2 Å². The molecule has 1 saturated heterocycles. The number of fused-ring (bicyclic) bond motifs is 1. The number of aryl methyl sites for hydroxylation is 1. The third kappa shape index (κ3) is 4.57. The van der Waals surface area contributed by atoms with Gasteiger partial charge >= 0.3 is 0 Å². The Morgan fingerprint density at radius 3 is 2.50 bits per heavy atom. The predicted octanol–water partition coefficient (Wildman–Crippen LogP) is 3.69. The second kappa shape index (κ2) is 9.36. The maximum Gasteiger partial charge on any atom is 0.243 e. The average Bonchev–Trinajstić information content (AvgIpc) is 3.51. The number of sulfonamides is 1. The van der Waals surface area contributed by atoms with Gasteiger partial charge in [0.25, 0.3) is 0 Å². The van der Waals surface area contributed by atoms with Crippen LogP contribution in [0.25, 0.3) is 16.9 Å². The fraction of sp³-hybridized carbons (Fsp3) is 0.269. The highest BCUT2D eigenvalue weighted by Gasteiger charge is 2.35. The third-order valence-electron chi connectivity index (χ3n) is 6.55. The smallest absolute Gasteiger partial charge is 0.243 e. The van der Waals surface area contributed by atoms with Crippen LogP contribution in [-0.4, -0.2) is 64.3 Å². The van der Waals surface area contributed by atoms with Gasteiger partial charge in [0, 0.05) is 56.5 Å². The highest BCUT2D eigenvalue weighted by molar-refractivity contribution is 7.89. The summed E-state index contributed by atoms with van der Waals surface area (Å²) < 4.78 is 29.6. The minimum Gasteiger partial charge on any atom is -0.342 e. The van der Waals surface area contributed by atoms with Crippen molar-refractivity contribution < 1.29 is 13.2 Å². The van der Waals surface area contributed by atoms with Crippen molar-refractivity contribution in [3.63, 3.8) is 0 Å². The van der Waals surface area contributed by atoms with E-state index in [9.17, 15) is 13.2 Å². The molecule has 1 aliphatic heterocycles. The van der Waals surface area contributed by atoms with E-state index in [-0.39, 0.29) is 16.8 Å². The largest absolute Gasteiger partial charge is 0.342 e. The fourth-order valence-electron chi connectivity index (χ4n) is 4.44. The van der Waals surface area contributed by atoms with Crippen LogP contribution < -0.4 is 5.32 Å². The SMILES string of the molecule is CC(=O)N(C)C1CCN(S(=O)(=O)c2ccc(Nc3cc(-c4ccccc4)nc4cc(C)nn34)cc2)C1. The van der Waals surface area contributed by atoms with Gasteiger partial charge in [0.05, 0.1) is 16.3 Å². The van der Waals surface area contributed by atoms with Gasteiger partial charge in [-0.15, -0.1) is 0 Å². The number of aromatic nitrogens is 3. The molecule has 1 N–H and O–H groups in total. The van der Waals surface area contributed by atoms with Crippen LogP contribution in [0, 0.1) is 6.92 Å². The number of amides is 1. The molecule has 0 radical (unpaired) electrons. The number of hydrogen-bond donors (Lipinski definition) is 1. The normalized spacial score (nSPS) is 16.4. The molecule has 1 amide bonds. The maximum absolute atomic E-state index is 13.2. The standard InChI is InChI=1S/C26H28N6O3S/c1-18-15-25-28-24(20-7-5-4-6-8-20)16-26(32(25)29-18)27-21-9-11-23(12-10-21)36(34,35)31-14-13-22(17-31)30(3)19(2)33/h4-12,15-16,22,27H,13-14,17H2,1-3H3. The van der Waals surface area contributed by atoms with Crippen molar-refractivity contribution in [2.75, 3.05) is 25.5 Å². The zero-order chi connectivity index (χ0) is 25.4. The highest BCUT2D eigenvalue weighted by Crippen LogP contribution is 2.27. The fourth-order valence-corrected chi connectivity index (χ4v) is 5.94. The van der Waals surface area contributed by atoms with Crippen molar-refractivity contribution in [3.8, 4) is 11.3 Å². The molecule has 36 heavy (non-hydrogen) atoms. The molecule has 1 aliphatic rings. The van der Waals surface area contributed by atoms with Crippen LogP contribution in [-0.2, 0) is 14.8 Å². The number of likely N-dealkylation sites (N-methyl/N-ethyl adjacent to an activating group) is 1. The van der Waals surface area contributed by atoms with Gasteiger partial charge in [0.1, 0.15) is 5.82 Å². The van der Waals surface area contributed by atoms with E-state index < -0.39 is 10.0 Å². The summed E-state index contributed by atoms with van der Waals surface area (Å²) in [5.41, 5.74) is 4.09. The van der Waals surface area contributed by atoms with Gasteiger partial charge in [0.15, 0.2) is 5.65 Å². The topological polar surface area (TPSA) is 99.9 Å². The second-order valence-electron chi connectivity index (χ2n) is 9.03. The van der Waals surface area contributed by atoms with Gasteiger partial charge < -0.3 is 10.2 Å². The first-order valence-corrected chi connectivity index (χ1v) is 13.2. The van der Waals surface area contributed by atoms with Crippen molar-refractivity contribution in [1.82, 2.24) is 23.8 Å². The molecule has 0 bridgehead atoms. The molecule has 0 aliphatic carbocycles. The third-order valence-corrected chi connectivity index (χ3v) is 8.43. The molecule has 0 spiro atoms. The molecule has 5 rings (SSSR count). The lowest BCUT2D eigenvalue weighted by Gasteiger charge is -2.23. The Kier molecular flexibility index (Phi) is 6.23. The first kappa shape index (κ1) is 24.0. The Morgan fingerprint density at radius 1 is 1.08 bits per heavy atom. The van der Waals surface area contributed by atoms with E-state index in [1.54, 1.807) is 40.7 Å². The first-order valence-electron chi connectivity index (χ1n) is 11.8. The summed E-state index contributed by atoms with van der Waals surface area (Å²) in [6.45, 7) is 4.10. The molecule has 0 saturated carbocycles. The van der Waals surface area contributed by atoms with Crippen LogP contribution in [0.3, 0.4) is 0 Å². The number of benzene rings is 2. The van der Waals surface area contributed by atoms with E-state index in [1.165, 1.54) is 11.2 Å². The van der Waals surface area contributed by atoms with Crippen molar-refractivity contribution in [2.24, 2.45) is 0 Å². The molecular weight excluding hydrogens is 476 g/mol. The number of rotatable bonds is 6. The molecule has 3 heterocycles. The molecule has 2 aromatic carbocycles. The van der Waals surface area contributed by atoms with Gasteiger partial charge in [-0.25, -0.2) is 13.4 Å². The second-order valence-corrected chi connectivity index (χ2v) is 11.0. The number of carbonyl (C=O) groups excluding carboxylic acids is 1. The summed E-state index contributed by atoms with van der Waals surface area (Å²) in [4.78, 5) is 18.2. The zero-order valence-corrected chi connectivity index (χ0v) is 21.2. The number of nitrogens with one attached hydrogen (secondary N) is 1.